The summed E-state index contributed by atoms with van der Waals surface area (Å²) in [6.45, 7) is 9.26. The number of halogens is 1. The number of aromatic amines is 1. The van der Waals surface area contributed by atoms with Gasteiger partial charge in [-0.05, 0) is 79.9 Å². The van der Waals surface area contributed by atoms with Crippen LogP contribution < -0.4 is 15.5 Å². The van der Waals surface area contributed by atoms with Crippen LogP contribution >= 0.6 is 0 Å². The summed E-state index contributed by atoms with van der Waals surface area (Å²) in [5, 5.41) is 2.78. The van der Waals surface area contributed by atoms with E-state index in [0.717, 1.165) is 11.1 Å². The summed E-state index contributed by atoms with van der Waals surface area (Å²) in [4.78, 5) is 38.5. The summed E-state index contributed by atoms with van der Waals surface area (Å²) in [5.41, 5.74) is 5.03. The van der Waals surface area contributed by atoms with Crippen LogP contribution in [0.4, 0.5) is 10.1 Å². The van der Waals surface area contributed by atoms with Crippen LogP contribution in [0.15, 0.2) is 84.4 Å². The molecule has 0 aliphatic carbocycles. The number of aromatic nitrogens is 3. The molecule has 39 heavy (non-hydrogen) atoms. The first-order valence-electron chi connectivity index (χ1n) is 12.2. The number of anilines is 1. The molecule has 0 saturated heterocycles. The largest absolute Gasteiger partial charge is 0.455 e. The minimum absolute atomic E-state index is 0.0105. The molecule has 5 aromatic rings. The van der Waals surface area contributed by atoms with Crippen LogP contribution in [0.5, 0.6) is 11.5 Å². The highest BCUT2D eigenvalue weighted by molar-refractivity contribution is 6.05. The van der Waals surface area contributed by atoms with Crippen molar-refractivity contribution in [2.24, 2.45) is 0 Å². The highest BCUT2D eigenvalue weighted by Gasteiger charge is 2.20. The number of fused-ring (bicyclic) bond motifs is 1. The number of aryl methyl sites for hydroxylation is 2. The van der Waals surface area contributed by atoms with Gasteiger partial charge in [0, 0.05) is 41.1 Å². The van der Waals surface area contributed by atoms with E-state index in [1.807, 2.05) is 13.0 Å². The van der Waals surface area contributed by atoms with Gasteiger partial charge in [0.05, 0.1) is 5.52 Å². The molecule has 0 spiro atoms. The topological polar surface area (TPSA) is 97.0 Å². The lowest BCUT2D eigenvalue weighted by Gasteiger charge is -2.13. The van der Waals surface area contributed by atoms with Crippen LogP contribution in [0.2, 0.25) is 0 Å². The van der Waals surface area contributed by atoms with Crippen molar-refractivity contribution in [2.75, 3.05) is 5.32 Å². The fraction of sp³-hybridized carbons (Fsp3) is 0.0968. The molecule has 0 radical (unpaired) electrons. The number of benzene rings is 2. The second-order valence-electron chi connectivity index (χ2n) is 9.22. The summed E-state index contributed by atoms with van der Waals surface area (Å²) in [6.07, 6.45) is 3.38. The molecule has 0 unspecified atom stereocenters. The number of H-pyrrole nitrogens is 1. The Bertz CT molecular complexity index is 1790. The molecular formula is C31H25FN4O3. The normalized spacial score (nSPS) is 10.9. The van der Waals surface area contributed by atoms with E-state index in [1.54, 1.807) is 56.6 Å². The molecule has 1 amide bonds. The molecule has 5 rings (SSSR count). The average molecular weight is 521 g/mol. The number of carbonyl (C=O) groups is 1. The van der Waals surface area contributed by atoms with E-state index < -0.39 is 17.2 Å². The maximum absolute atomic E-state index is 13.4. The Morgan fingerprint density at radius 2 is 1.72 bits per heavy atom. The molecule has 8 heteroatoms. The molecule has 2 aromatic carbocycles. The molecular weight excluding hydrogens is 495 g/mol. The van der Waals surface area contributed by atoms with Crippen molar-refractivity contribution in [1.82, 2.24) is 15.0 Å². The summed E-state index contributed by atoms with van der Waals surface area (Å²) in [5.74, 6) is 0.119. The minimum Gasteiger partial charge on any atom is -0.455 e. The number of nitrogens with one attached hydrogen (secondary N) is 2. The van der Waals surface area contributed by atoms with E-state index in [0.29, 0.717) is 50.7 Å². The van der Waals surface area contributed by atoms with Gasteiger partial charge in [-0.2, -0.15) is 0 Å². The number of hydrogen-bond acceptors (Lipinski definition) is 5. The quantitative estimate of drug-likeness (QED) is 0.256. The third-order valence-electron chi connectivity index (χ3n) is 6.31. The van der Waals surface area contributed by atoms with Crippen LogP contribution in [-0.4, -0.2) is 20.9 Å². The van der Waals surface area contributed by atoms with Gasteiger partial charge in [-0.25, -0.2) is 4.39 Å². The number of rotatable bonds is 6. The summed E-state index contributed by atoms with van der Waals surface area (Å²) in [7, 11) is 0. The van der Waals surface area contributed by atoms with Gasteiger partial charge in [0.2, 0.25) is 5.43 Å². The lowest BCUT2D eigenvalue weighted by molar-refractivity contribution is 0.102. The van der Waals surface area contributed by atoms with Crippen LogP contribution in [0.3, 0.4) is 0 Å². The van der Waals surface area contributed by atoms with Gasteiger partial charge in [-0.1, -0.05) is 18.7 Å². The zero-order chi connectivity index (χ0) is 27.7. The first-order chi connectivity index (χ1) is 18.7. The van der Waals surface area contributed by atoms with Crippen LogP contribution in [0, 0.1) is 19.7 Å². The maximum atomic E-state index is 13.4. The van der Waals surface area contributed by atoms with E-state index in [2.05, 4.69) is 26.8 Å². The predicted octanol–water partition coefficient (Wildman–Crippen LogP) is 6.82. The number of pyridine rings is 3. The standard InChI is InChI=1S/C31H25FN4O3/c1-17(2)21-15-25-29(34-16-21)26(13-14-33-25)39-24-11-9-23(10-12-24)36-31(38)28-19(4)35-18(3)27(30(28)37)20-5-7-22(32)8-6-20/h5-16H,1H2,2-4H3,(H,35,37)(H,36,38). The number of nitrogens with zero attached hydrogens (tertiary/aromatic N) is 2. The van der Waals surface area contributed by atoms with Crippen molar-refractivity contribution in [3.05, 3.63) is 118 Å². The highest BCUT2D eigenvalue weighted by atomic mass is 19.1. The first kappa shape index (κ1) is 25.5. The fourth-order valence-electron chi connectivity index (χ4n) is 4.36. The Labute approximate surface area is 224 Å². The average Bonchev–Trinajstić information content (AvgIpc) is 2.90. The van der Waals surface area contributed by atoms with Gasteiger partial charge in [-0.15, -0.1) is 0 Å². The molecule has 0 aliphatic heterocycles. The summed E-state index contributed by atoms with van der Waals surface area (Å²) >= 11 is 0. The van der Waals surface area contributed by atoms with E-state index in [4.69, 9.17) is 4.74 Å². The number of hydrogen-bond donors (Lipinski definition) is 2. The number of allylic oxidation sites excluding steroid dienone is 1. The summed E-state index contributed by atoms with van der Waals surface area (Å²) < 4.78 is 19.5. The monoisotopic (exact) mass is 520 g/mol. The van der Waals surface area contributed by atoms with Crippen molar-refractivity contribution < 1.29 is 13.9 Å². The minimum atomic E-state index is -0.552. The molecule has 0 fully saturated rings. The van der Waals surface area contributed by atoms with Crippen molar-refractivity contribution in [2.45, 2.75) is 20.8 Å². The lowest BCUT2D eigenvalue weighted by Crippen LogP contribution is -2.26. The van der Waals surface area contributed by atoms with Gasteiger partial charge in [0.15, 0.2) is 5.75 Å². The smallest absolute Gasteiger partial charge is 0.261 e. The van der Waals surface area contributed by atoms with Gasteiger partial charge >= 0.3 is 0 Å². The molecule has 0 bridgehead atoms. The van der Waals surface area contributed by atoms with E-state index in [-0.39, 0.29) is 5.56 Å². The zero-order valence-electron chi connectivity index (χ0n) is 21.6. The van der Waals surface area contributed by atoms with Crippen molar-refractivity contribution >= 4 is 28.2 Å². The Morgan fingerprint density at radius 1 is 1.00 bits per heavy atom. The number of ether oxygens (including phenoxy) is 1. The van der Waals surface area contributed by atoms with Crippen molar-refractivity contribution in [1.29, 1.82) is 0 Å². The van der Waals surface area contributed by atoms with Gasteiger partial charge in [-0.3, -0.25) is 19.6 Å². The molecule has 3 heterocycles. The Hall–Kier alpha value is -5.11. The van der Waals surface area contributed by atoms with Crippen molar-refractivity contribution in [3.63, 3.8) is 0 Å². The fourth-order valence-corrected chi connectivity index (χ4v) is 4.36. The SMILES string of the molecule is C=C(C)c1cnc2c(Oc3ccc(NC(=O)c4c(C)[nH]c(C)c(-c5ccc(F)cc5)c4=O)cc3)ccnc2c1. The van der Waals surface area contributed by atoms with Crippen LogP contribution in [0.25, 0.3) is 27.7 Å². The molecule has 2 N–H and O–H groups in total. The van der Waals surface area contributed by atoms with E-state index in [9.17, 15) is 14.0 Å². The van der Waals surface area contributed by atoms with Gasteiger partial charge < -0.3 is 15.0 Å². The third-order valence-corrected chi connectivity index (χ3v) is 6.31. The van der Waals surface area contributed by atoms with Gasteiger partial charge in [0.1, 0.15) is 22.6 Å². The third kappa shape index (κ3) is 5.17. The maximum Gasteiger partial charge on any atom is 0.261 e. The zero-order valence-corrected chi connectivity index (χ0v) is 21.6. The Balaban J connectivity index is 1.37. The molecule has 3 aromatic heterocycles. The second kappa shape index (κ2) is 10.3. The second-order valence-corrected chi connectivity index (χ2v) is 9.22. The van der Waals surface area contributed by atoms with E-state index in [1.165, 1.54) is 24.3 Å². The number of carbonyl (C=O) groups excluding carboxylic acids is 1. The molecule has 7 nitrogen and oxygen atoms in total. The lowest BCUT2D eigenvalue weighted by atomic mass is 9.99. The number of amides is 1. The van der Waals surface area contributed by atoms with Crippen LogP contribution in [0.1, 0.15) is 34.2 Å². The van der Waals surface area contributed by atoms with Crippen LogP contribution in [-0.2, 0) is 0 Å². The highest BCUT2D eigenvalue weighted by Crippen LogP contribution is 2.29. The molecule has 194 valence electrons. The predicted molar refractivity (Wildman–Crippen MR) is 151 cm³/mol. The van der Waals surface area contributed by atoms with E-state index >= 15 is 0 Å². The molecule has 0 atom stereocenters. The van der Waals surface area contributed by atoms with Crippen molar-refractivity contribution in [3.8, 4) is 22.6 Å². The molecule has 0 saturated carbocycles. The molecule has 0 aliphatic rings. The Morgan fingerprint density at radius 3 is 2.41 bits per heavy atom. The summed E-state index contributed by atoms with van der Waals surface area (Å²) in [6, 6.07) is 16.0. The van der Waals surface area contributed by atoms with Gasteiger partial charge in [0.25, 0.3) is 5.91 Å². The first-order valence-corrected chi connectivity index (χ1v) is 12.2. The Kier molecular flexibility index (Phi) is 6.77.